The normalized spacial score (nSPS) is 18.8. The van der Waals surface area contributed by atoms with Gasteiger partial charge in [-0.2, -0.15) is 4.31 Å². The number of benzene rings is 1. The Morgan fingerprint density at radius 2 is 1.67 bits per heavy atom. The summed E-state index contributed by atoms with van der Waals surface area (Å²) in [6.45, 7) is 0.957. The van der Waals surface area contributed by atoms with Crippen LogP contribution >= 0.6 is 0 Å². The van der Waals surface area contributed by atoms with Crippen LogP contribution in [0.5, 0.6) is 0 Å². The molecule has 1 aromatic heterocycles. The predicted molar refractivity (Wildman–Crippen MR) is 90.5 cm³/mol. The Kier molecular flexibility index (Phi) is 4.41. The van der Waals surface area contributed by atoms with Crippen LogP contribution in [-0.4, -0.2) is 67.4 Å². The van der Waals surface area contributed by atoms with Gasteiger partial charge in [0.25, 0.3) is 0 Å². The third kappa shape index (κ3) is 3.18. The quantitative estimate of drug-likeness (QED) is 0.769. The summed E-state index contributed by atoms with van der Waals surface area (Å²) in [4.78, 5) is 4.37. The molecule has 1 fully saturated rings. The van der Waals surface area contributed by atoms with Gasteiger partial charge in [-0.3, -0.25) is 0 Å². The number of aromatic nitrogens is 2. The first-order chi connectivity index (χ1) is 11.2. The summed E-state index contributed by atoms with van der Waals surface area (Å²) in [7, 11) is -5.14. The van der Waals surface area contributed by atoms with Crippen molar-refractivity contribution in [3.8, 4) is 0 Å². The first-order valence-corrected chi connectivity index (χ1v) is 10.8. The largest absolute Gasteiger partial charge is 0.334 e. The van der Waals surface area contributed by atoms with Gasteiger partial charge in [0, 0.05) is 33.2 Å². The van der Waals surface area contributed by atoms with Crippen LogP contribution in [0.15, 0.2) is 29.4 Å². The number of rotatable bonds is 3. The van der Waals surface area contributed by atoms with Gasteiger partial charge in [0.05, 0.1) is 28.5 Å². The molecule has 8 nitrogen and oxygen atoms in total. The summed E-state index contributed by atoms with van der Waals surface area (Å²) in [6.07, 6.45) is 3.25. The maximum Gasteiger partial charge on any atom is 0.243 e. The molecule has 0 radical (unpaired) electrons. The van der Waals surface area contributed by atoms with Crippen LogP contribution in [0.25, 0.3) is 11.0 Å². The molecule has 1 aliphatic rings. The molecular formula is C14H20N4O4S2. The van der Waals surface area contributed by atoms with Gasteiger partial charge in [0.2, 0.25) is 20.0 Å². The minimum atomic E-state index is -3.67. The van der Waals surface area contributed by atoms with Crippen molar-refractivity contribution in [3.05, 3.63) is 24.5 Å². The lowest BCUT2D eigenvalue weighted by atomic mass is 10.3. The van der Waals surface area contributed by atoms with E-state index >= 15 is 0 Å². The van der Waals surface area contributed by atoms with Crippen LogP contribution in [-0.2, 0) is 27.1 Å². The third-order valence-corrected chi connectivity index (χ3v) is 7.42. The number of nitrogens with zero attached hydrogens (tertiary/aromatic N) is 4. The van der Waals surface area contributed by atoms with Crippen LogP contribution in [0.3, 0.4) is 0 Å². The van der Waals surface area contributed by atoms with Crippen molar-refractivity contribution in [2.24, 2.45) is 7.05 Å². The second kappa shape index (κ2) is 6.10. The number of hydrogen-bond donors (Lipinski definition) is 0. The van der Waals surface area contributed by atoms with E-state index in [4.69, 9.17) is 0 Å². The Balaban J connectivity index is 1.89. The molecule has 24 heavy (non-hydrogen) atoms. The second-order valence-electron chi connectivity index (χ2n) is 5.93. The van der Waals surface area contributed by atoms with E-state index < -0.39 is 20.0 Å². The van der Waals surface area contributed by atoms with E-state index in [0.717, 1.165) is 11.8 Å². The molecular weight excluding hydrogens is 352 g/mol. The van der Waals surface area contributed by atoms with Gasteiger partial charge in [-0.1, -0.05) is 0 Å². The van der Waals surface area contributed by atoms with Crippen molar-refractivity contribution in [1.29, 1.82) is 0 Å². The Morgan fingerprint density at radius 3 is 2.38 bits per heavy atom. The van der Waals surface area contributed by atoms with E-state index in [0.29, 0.717) is 25.0 Å². The van der Waals surface area contributed by atoms with Crippen molar-refractivity contribution < 1.29 is 16.8 Å². The second-order valence-corrected chi connectivity index (χ2v) is 9.85. The molecule has 0 amide bonds. The Bertz CT molecular complexity index is 966. The molecule has 0 atom stereocenters. The molecule has 3 rings (SSSR count). The van der Waals surface area contributed by atoms with Gasteiger partial charge in [-0.15, -0.1) is 0 Å². The zero-order valence-corrected chi connectivity index (χ0v) is 15.2. The molecule has 0 saturated carbocycles. The molecule has 132 valence electrons. The zero-order chi connectivity index (χ0) is 17.5. The van der Waals surface area contributed by atoms with Gasteiger partial charge in [0.1, 0.15) is 0 Å². The van der Waals surface area contributed by atoms with Crippen LogP contribution in [0.4, 0.5) is 0 Å². The number of fused-ring (bicyclic) bond motifs is 1. The maximum atomic E-state index is 12.9. The van der Waals surface area contributed by atoms with E-state index in [1.807, 2.05) is 11.6 Å². The lowest BCUT2D eigenvalue weighted by Gasteiger charge is -2.20. The van der Waals surface area contributed by atoms with Crippen molar-refractivity contribution >= 4 is 31.1 Å². The number of imidazole rings is 1. The van der Waals surface area contributed by atoms with Gasteiger partial charge in [-0.25, -0.2) is 26.1 Å². The van der Waals surface area contributed by atoms with Crippen LogP contribution in [0.2, 0.25) is 0 Å². The van der Waals surface area contributed by atoms with Crippen LogP contribution in [0, 0.1) is 0 Å². The third-order valence-electron chi connectivity index (χ3n) is 4.22. The average molecular weight is 372 g/mol. The van der Waals surface area contributed by atoms with E-state index in [1.54, 1.807) is 24.5 Å². The summed E-state index contributed by atoms with van der Waals surface area (Å²) < 4.78 is 53.6. The van der Waals surface area contributed by atoms with Gasteiger partial charge in [-0.05, 0) is 24.6 Å². The Morgan fingerprint density at radius 1 is 1.00 bits per heavy atom. The zero-order valence-electron chi connectivity index (χ0n) is 13.6. The van der Waals surface area contributed by atoms with Crippen molar-refractivity contribution in [2.45, 2.75) is 11.3 Å². The molecule has 0 bridgehead atoms. The van der Waals surface area contributed by atoms with Gasteiger partial charge < -0.3 is 4.57 Å². The topological polar surface area (TPSA) is 92.6 Å². The monoisotopic (exact) mass is 372 g/mol. The Labute approximate surface area is 141 Å². The number of sulfonamides is 2. The molecule has 1 aromatic carbocycles. The van der Waals surface area contributed by atoms with E-state index in [2.05, 4.69) is 4.98 Å². The molecule has 2 heterocycles. The smallest absolute Gasteiger partial charge is 0.243 e. The SMILES string of the molecule is Cn1cnc2cc(S(=O)(=O)N3CCCN(S(C)(=O)=O)CC3)ccc21. The Hall–Kier alpha value is -1.49. The molecule has 0 N–H and O–H groups in total. The minimum absolute atomic E-state index is 0.148. The highest BCUT2D eigenvalue weighted by Crippen LogP contribution is 2.22. The summed E-state index contributed by atoms with van der Waals surface area (Å²) in [5, 5.41) is 0. The van der Waals surface area contributed by atoms with Crippen LogP contribution in [0.1, 0.15) is 6.42 Å². The predicted octanol–water partition coefficient (Wildman–Crippen LogP) is 0.229. The molecule has 2 aromatic rings. The highest BCUT2D eigenvalue weighted by molar-refractivity contribution is 7.89. The highest BCUT2D eigenvalue weighted by Gasteiger charge is 2.29. The molecule has 1 aliphatic heterocycles. The first-order valence-electron chi connectivity index (χ1n) is 7.56. The average Bonchev–Trinajstić information content (AvgIpc) is 2.74. The minimum Gasteiger partial charge on any atom is -0.334 e. The lowest BCUT2D eigenvalue weighted by Crippen LogP contribution is -2.36. The summed E-state index contributed by atoms with van der Waals surface area (Å²) in [5.74, 6) is 0. The number of aryl methyl sites for hydroxylation is 1. The first kappa shape index (κ1) is 17.3. The summed E-state index contributed by atoms with van der Waals surface area (Å²) in [5.41, 5.74) is 1.47. The molecule has 0 unspecified atom stereocenters. The molecule has 10 heteroatoms. The molecule has 1 saturated heterocycles. The fourth-order valence-electron chi connectivity index (χ4n) is 2.87. The van der Waals surface area contributed by atoms with E-state index in [-0.39, 0.29) is 18.0 Å². The van der Waals surface area contributed by atoms with E-state index in [9.17, 15) is 16.8 Å². The fourth-order valence-corrected chi connectivity index (χ4v) is 5.23. The van der Waals surface area contributed by atoms with Crippen molar-refractivity contribution in [3.63, 3.8) is 0 Å². The van der Waals surface area contributed by atoms with Crippen molar-refractivity contribution in [1.82, 2.24) is 18.2 Å². The van der Waals surface area contributed by atoms with Crippen LogP contribution < -0.4 is 0 Å². The lowest BCUT2D eigenvalue weighted by molar-refractivity contribution is 0.406. The molecule has 0 spiro atoms. The van der Waals surface area contributed by atoms with Gasteiger partial charge in [0.15, 0.2) is 0 Å². The van der Waals surface area contributed by atoms with Gasteiger partial charge >= 0.3 is 0 Å². The summed E-state index contributed by atoms with van der Waals surface area (Å²) in [6, 6.07) is 4.86. The number of hydrogen-bond acceptors (Lipinski definition) is 5. The maximum absolute atomic E-state index is 12.9. The van der Waals surface area contributed by atoms with Crippen molar-refractivity contribution in [2.75, 3.05) is 32.4 Å². The standard InChI is InChI=1S/C14H20N4O4S2/c1-16-11-15-13-10-12(4-5-14(13)16)24(21,22)18-7-3-6-17(8-9-18)23(2,19)20/h4-5,10-11H,3,6-9H2,1-2H3. The summed E-state index contributed by atoms with van der Waals surface area (Å²) >= 11 is 0. The fraction of sp³-hybridized carbons (Fsp3) is 0.500. The molecule has 0 aliphatic carbocycles. The highest BCUT2D eigenvalue weighted by atomic mass is 32.2. The van der Waals surface area contributed by atoms with E-state index in [1.165, 1.54) is 8.61 Å².